The van der Waals surface area contributed by atoms with E-state index in [9.17, 15) is 0 Å². The third-order valence-corrected chi connectivity index (χ3v) is 12.4. The second-order valence-corrected chi connectivity index (χ2v) is 15.0. The predicted octanol–water partition coefficient (Wildman–Crippen LogP) is 12.0. The van der Waals surface area contributed by atoms with Gasteiger partial charge in [0.2, 0.25) is 0 Å². The molecule has 5 aliphatic rings. The van der Waals surface area contributed by atoms with Gasteiger partial charge in [-0.15, -0.1) is 0 Å². The fraction of sp³-hybridized carbons (Fsp3) is 0.659. The second kappa shape index (κ2) is 13.8. The van der Waals surface area contributed by atoms with Crippen molar-refractivity contribution in [3.8, 4) is 0 Å². The van der Waals surface area contributed by atoms with E-state index in [0.717, 1.165) is 30.2 Å². The van der Waals surface area contributed by atoms with E-state index in [4.69, 9.17) is 0 Å². The molecule has 2 heteroatoms. The topological polar surface area (TPSA) is 6.48 Å². The standard InChI is InChI=1S/C41H58N2/c1-31-42(30-40-36(32-16-6-2-7-17-32)24-14-25-37(40)33-18-8-3-9-19-33)28-29-43(31)41-38(34-20-10-4-11-21-34)26-15-27-39(41)35-22-12-5-13-23-35/h14-15,24-29,31-35H,2-13,16-23,30H2,1H3. The quantitative estimate of drug-likeness (QED) is 0.322. The third-order valence-electron chi connectivity index (χ3n) is 12.4. The van der Waals surface area contributed by atoms with Crippen molar-refractivity contribution in [1.29, 1.82) is 0 Å². The summed E-state index contributed by atoms with van der Waals surface area (Å²) in [4.78, 5) is 5.42. The Hall–Kier alpha value is -2.22. The zero-order valence-electron chi connectivity index (χ0n) is 27.2. The molecule has 2 nitrogen and oxygen atoms in total. The van der Waals surface area contributed by atoms with Gasteiger partial charge in [0.15, 0.2) is 0 Å². The molecule has 1 heterocycles. The normalized spacial score (nSPS) is 25.1. The van der Waals surface area contributed by atoms with Crippen LogP contribution in [-0.2, 0) is 6.54 Å². The van der Waals surface area contributed by atoms with Gasteiger partial charge in [-0.25, -0.2) is 0 Å². The van der Waals surface area contributed by atoms with Crippen molar-refractivity contribution >= 4 is 5.69 Å². The first-order valence-electron chi connectivity index (χ1n) is 18.7. The second-order valence-electron chi connectivity index (χ2n) is 15.0. The SMILES string of the molecule is CC1N(Cc2c(C3CCCCC3)cccc2C2CCCCC2)C=CN1c1c(C2CCCCC2)cccc1C1CCCCC1. The Morgan fingerprint density at radius 3 is 1.28 bits per heavy atom. The number of hydrogen-bond acceptors (Lipinski definition) is 2. The van der Waals surface area contributed by atoms with E-state index in [1.165, 1.54) is 128 Å². The first-order valence-corrected chi connectivity index (χ1v) is 18.7. The van der Waals surface area contributed by atoms with Crippen molar-refractivity contribution in [1.82, 2.24) is 4.90 Å². The van der Waals surface area contributed by atoms with Crippen LogP contribution in [0.15, 0.2) is 48.8 Å². The van der Waals surface area contributed by atoms with Crippen molar-refractivity contribution in [3.63, 3.8) is 0 Å². The van der Waals surface area contributed by atoms with Crippen molar-refractivity contribution in [2.45, 2.75) is 172 Å². The van der Waals surface area contributed by atoms with E-state index in [0.29, 0.717) is 6.17 Å². The van der Waals surface area contributed by atoms with Crippen LogP contribution in [0.2, 0.25) is 0 Å². The van der Waals surface area contributed by atoms with Gasteiger partial charge in [0.1, 0.15) is 6.17 Å². The molecule has 0 amide bonds. The molecule has 232 valence electrons. The maximum Gasteiger partial charge on any atom is 0.103 e. The van der Waals surface area contributed by atoms with Gasteiger partial charge in [-0.1, -0.05) is 113 Å². The molecule has 7 rings (SSSR count). The number of para-hydroxylation sites is 1. The van der Waals surface area contributed by atoms with Crippen LogP contribution in [-0.4, -0.2) is 11.1 Å². The molecule has 0 bridgehead atoms. The molecule has 2 aromatic rings. The van der Waals surface area contributed by atoms with E-state index in [1.54, 1.807) is 33.5 Å². The van der Waals surface area contributed by atoms with Crippen LogP contribution >= 0.6 is 0 Å². The highest BCUT2D eigenvalue weighted by Crippen LogP contribution is 2.47. The van der Waals surface area contributed by atoms with Gasteiger partial charge in [-0.2, -0.15) is 0 Å². The van der Waals surface area contributed by atoms with E-state index < -0.39 is 0 Å². The summed E-state index contributed by atoms with van der Waals surface area (Å²) in [7, 11) is 0. The summed E-state index contributed by atoms with van der Waals surface area (Å²) < 4.78 is 0. The zero-order chi connectivity index (χ0) is 29.0. The van der Waals surface area contributed by atoms with Crippen molar-refractivity contribution in [3.05, 3.63) is 76.6 Å². The minimum absolute atomic E-state index is 0.352. The van der Waals surface area contributed by atoms with Gasteiger partial charge >= 0.3 is 0 Å². The molecule has 0 saturated heterocycles. The fourth-order valence-electron chi connectivity index (χ4n) is 9.96. The Morgan fingerprint density at radius 2 is 0.860 bits per heavy atom. The van der Waals surface area contributed by atoms with Crippen molar-refractivity contribution in [2.75, 3.05) is 4.90 Å². The molecular formula is C41H58N2. The number of nitrogens with zero attached hydrogens (tertiary/aromatic N) is 2. The fourth-order valence-corrected chi connectivity index (χ4v) is 9.96. The molecule has 0 N–H and O–H groups in total. The Balaban J connectivity index is 1.22. The third kappa shape index (κ3) is 6.32. The lowest BCUT2D eigenvalue weighted by Crippen LogP contribution is -2.37. The van der Waals surface area contributed by atoms with Gasteiger partial charge in [0.25, 0.3) is 0 Å². The Morgan fingerprint density at radius 1 is 0.488 bits per heavy atom. The maximum absolute atomic E-state index is 2.72. The number of hydrogen-bond donors (Lipinski definition) is 0. The van der Waals surface area contributed by atoms with E-state index >= 15 is 0 Å². The largest absolute Gasteiger partial charge is 0.352 e. The van der Waals surface area contributed by atoms with Crippen LogP contribution < -0.4 is 4.90 Å². The summed E-state index contributed by atoms with van der Waals surface area (Å²) >= 11 is 0. The molecular weight excluding hydrogens is 520 g/mol. The molecule has 1 atom stereocenters. The van der Waals surface area contributed by atoms with Gasteiger partial charge < -0.3 is 9.80 Å². The van der Waals surface area contributed by atoms with Crippen LogP contribution in [0.4, 0.5) is 5.69 Å². The lowest BCUT2D eigenvalue weighted by Gasteiger charge is -2.38. The molecule has 0 aromatic heterocycles. The Labute approximate surface area is 263 Å². The zero-order valence-corrected chi connectivity index (χ0v) is 27.2. The molecule has 1 aliphatic heterocycles. The number of rotatable bonds is 7. The summed E-state index contributed by atoms with van der Waals surface area (Å²) in [5.41, 5.74) is 10.0. The first kappa shape index (κ1) is 29.5. The molecule has 4 aliphatic carbocycles. The van der Waals surface area contributed by atoms with E-state index in [1.807, 2.05) is 0 Å². The smallest absolute Gasteiger partial charge is 0.103 e. The lowest BCUT2D eigenvalue weighted by molar-refractivity contribution is 0.304. The summed E-state index contributed by atoms with van der Waals surface area (Å²) in [5, 5.41) is 0. The minimum atomic E-state index is 0.352. The Bertz CT molecular complexity index is 1150. The van der Waals surface area contributed by atoms with Gasteiger partial charge in [0.05, 0.1) is 0 Å². The molecule has 2 aromatic carbocycles. The summed E-state index contributed by atoms with van der Waals surface area (Å²) in [6.45, 7) is 3.56. The highest BCUT2D eigenvalue weighted by Gasteiger charge is 2.33. The van der Waals surface area contributed by atoms with Crippen LogP contribution in [0.25, 0.3) is 0 Å². The molecule has 1 unspecified atom stereocenters. The molecule has 0 radical (unpaired) electrons. The maximum atomic E-state index is 2.72. The van der Waals surface area contributed by atoms with Crippen LogP contribution in [0, 0.1) is 0 Å². The van der Waals surface area contributed by atoms with E-state index in [2.05, 4.69) is 65.5 Å². The highest BCUT2D eigenvalue weighted by atomic mass is 15.4. The molecule has 4 fully saturated rings. The van der Waals surface area contributed by atoms with E-state index in [-0.39, 0.29) is 0 Å². The first-order chi connectivity index (χ1) is 21.3. The number of anilines is 1. The van der Waals surface area contributed by atoms with Gasteiger partial charge in [0, 0.05) is 24.6 Å². The highest BCUT2D eigenvalue weighted by molar-refractivity contribution is 5.65. The summed E-state index contributed by atoms with van der Waals surface area (Å²) in [6, 6.07) is 14.9. The minimum Gasteiger partial charge on any atom is -0.352 e. The predicted molar refractivity (Wildman–Crippen MR) is 183 cm³/mol. The number of benzene rings is 2. The van der Waals surface area contributed by atoms with Gasteiger partial charge in [-0.05, 0) is 110 Å². The summed E-state index contributed by atoms with van der Waals surface area (Å²) in [5.74, 6) is 2.98. The van der Waals surface area contributed by atoms with Crippen molar-refractivity contribution in [2.24, 2.45) is 0 Å². The van der Waals surface area contributed by atoms with Crippen molar-refractivity contribution < 1.29 is 0 Å². The average Bonchev–Trinajstić information content (AvgIpc) is 3.45. The molecule has 0 spiro atoms. The Kier molecular flexibility index (Phi) is 9.48. The monoisotopic (exact) mass is 578 g/mol. The van der Waals surface area contributed by atoms with Crippen LogP contribution in [0.1, 0.15) is 187 Å². The van der Waals surface area contributed by atoms with Crippen LogP contribution in [0.3, 0.4) is 0 Å². The summed E-state index contributed by atoms with van der Waals surface area (Å²) in [6.07, 6.45) is 33.3. The molecule has 4 saturated carbocycles. The van der Waals surface area contributed by atoms with Gasteiger partial charge in [-0.3, -0.25) is 0 Å². The molecule has 43 heavy (non-hydrogen) atoms. The van der Waals surface area contributed by atoms with Crippen LogP contribution in [0.5, 0.6) is 0 Å². The average molecular weight is 579 g/mol. The lowest BCUT2D eigenvalue weighted by atomic mass is 9.76.